The van der Waals surface area contributed by atoms with E-state index in [1.807, 2.05) is 42.5 Å². The molecule has 1 aromatic heterocycles. The number of ether oxygens (including phenoxy) is 1. The maximum Gasteiger partial charge on any atom is 0.255 e. The lowest BCUT2D eigenvalue weighted by atomic mass is 10.2. The van der Waals surface area contributed by atoms with Crippen molar-refractivity contribution in [2.45, 2.75) is 12.8 Å². The molecular formula is C22H21N3O2. The number of anilines is 2. The Morgan fingerprint density at radius 1 is 0.889 bits per heavy atom. The lowest BCUT2D eigenvalue weighted by molar-refractivity contribution is 0.102. The predicted octanol–water partition coefficient (Wildman–Crippen LogP) is 4.73. The second-order valence-corrected chi connectivity index (χ2v) is 6.49. The van der Waals surface area contributed by atoms with Crippen molar-refractivity contribution in [3.05, 3.63) is 78.5 Å². The number of para-hydroxylation sites is 1. The number of nitrogens with zero attached hydrogens (tertiary/aromatic N) is 2. The van der Waals surface area contributed by atoms with Gasteiger partial charge in [-0.25, -0.2) is 4.98 Å². The summed E-state index contributed by atoms with van der Waals surface area (Å²) in [5.74, 6) is 2.25. The highest BCUT2D eigenvalue weighted by atomic mass is 16.5. The number of amides is 1. The average Bonchev–Trinajstić information content (AvgIpc) is 3.25. The zero-order chi connectivity index (χ0) is 18.5. The molecule has 4 rings (SSSR count). The van der Waals surface area contributed by atoms with Crippen molar-refractivity contribution in [3.63, 3.8) is 0 Å². The highest BCUT2D eigenvalue weighted by molar-refractivity contribution is 6.04. The number of rotatable bonds is 5. The van der Waals surface area contributed by atoms with E-state index in [0.29, 0.717) is 17.0 Å². The summed E-state index contributed by atoms with van der Waals surface area (Å²) in [5.41, 5.74) is 1.26. The van der Waals surface area contributed by atoms with Crippen LogP contribution in [0, 0.1) is 0 Å². The molecule has 0 radical (unpaired) electrons. The van der Waals surface area contributed by atoms with Gasteiger partial charge in [-0.3, -0.25) is 4.79 Å². The van der Waals surface area contributed by atoms with Gasteiger partial charge in [0, 0.05) is 18.7 Å². The Morgan fingerprint density at radius 2 is 1.59 bits per heavy atom. The summed E-state index contributed by atoms with van der Waals surface area (Å²) in [7, 11) is 0. The number of nitrogens with one attached hydrogen (secondary N) is 1. The predicted molar refractivity (Wildman–Crippen MR) is 107 cm³/mol. The highest BCUT2D eigenvalue weighted by Crippen LogP contribution is 2.22. The fourth-order valence-corrected chi connectivity index (χ4v) is 3.10. The second-order valence-electron chi connectivity index (χ2n) is 6.49. The molecule has 1 fully saturated rings. The number of carbonyl (C=O) groups is 1. The van der Waals surface area contributed by atoms with E-state index in [9.17, 15) is 4.79 Å². The van der Waals surface area contributed by atoms with Crippen LogP contribution in [0.2, 0.25) is 0 Å². The molecule has 0 unspecified atom stereocenters. The Kier molecular flexibility index (Phi) is 5.01. The number of carbonyl (C=O) groups excluding carboxylic acids is 1. The standard InChI is InChI=1S/C22H21N3O2/c26-22(24-18-10-13-21(23-16-18)25-14-4-5-15-25)17-8-11-20(12-9-17)27-19-6-2-1-3-7-19/h1-3,6-13,16H,4-5,14-15H2,(H,24,26). The molecule has 3 aromatic rings. The van der Waals surface area contributed by atoms with Crippen molar-refractivity contribution >= 4 is 17.4 Å². The van der Waals surface area contributed by atoms with E-state index in [1.54, 1.807) is 30.5 Å². The first kappa shape index (κ1) is 17.1. The molecular weight excluding hydrogens is 338 g/mol. The SMILES string of the molecule is O=C(Nc1ccc(N2CCCC2)nc1)c1ccc(Oc2ccccc2)cc1. The number of hydrogen-bond donors (Lipinski definition) is 1. The lowest BCUT2D eigenvalue weighted by Crippen LogP contribution is -2.19. The van der Waals surface area contributed by atoms with Crippen LogP contribution in [-0.2, 0) is 0 Å². The summed E-state index contributed by atoms with van der Waals surface area (Å²) in [6, 6.07) is 20.5. The van der Waals surface area contributed by atoms with Crippen molar-refractivity contribution in [2.75, 3.05) is 23.3 Å². The maximum atomic E-state index is 12.4. The molecule has 5 nitrogen and oxygen atoms in total. The molecule has 1 saturated heterocycles. The molecule has 0 bridgehead atoms. The molecule has 1 N–H and O–H groups in total. The quantitative estimate of drug-likeness (QED) is 0.716. The van der Waals surface area contributed by atoms with Crippen LogP contribution in [0.3, 0.4) is 0 Å². The first-order valence-electron chi connectivity index (χ1n) is 9.13. The number of aromatic nitrogens is 1. The molecule has 0 saturated carbocycles. The van der Waals surface area contributed by atoms with Crippen LogP contribution in [-0.4, -0.2) is 24.0 Å². The molecule has 2 heterocycles. The molecule has 27 heavy (non-hydrogen) atoms. The largest absolute Gasteiger partial charge is 0.457 e. The van der Waals surface area contributed by atoms with Gasteiger partial charge < -0.3 is 15.0 Å². The summed E-state index contributed by atoms with van der Waals surface area (Å²) in [6.07, 6.45) is 4.13. The van der Waals surface area contributed by atoms with E-state index >= 15 is 0 Å². The minimum absolute atomic E-state index is 0.169. The van der Waals surface area contributed by atoms with Gasteiger partial charge in [0.15, 0.2) is 0 Å². The van der Waals surface area contributed by atoms with E-state index in [4.69, 9.17) is 4.74 Å². The van der Waals surface area contributed by atoms with Crippen molar-refractivity contribution in [2.24, 2.45) is 0 Å². The van der Waals surface area contributed by atoms with Crippen LogP contribution in [0.4, 0.5) is 11.5 Å². The third-order valence-electron chi connectivity index (χ3n) is 4.53. The van der Waals surface area contributed by atoms with Crippen molar-refractivity contribution in [1.29, 1.82) is 0 Å². The molecule has 2 aromatic carbocycles. The van der Waals surface area contributed by atoms with Gasteiger partial charge in [-0.2, -0.15) is 0 Å². The Bertz CT molecular complexity index is 887. The second kappa shape index (κ2) is 7.91. The van der Waals surface area contributed by atoms with Gasteiger partial charge >= 0.3 is 0 Å². The van der Waals surface area contributed by atoms with Crippen LogP contribution in [0.25, 0.3) is 0 Å². The molecule has 0 aliphatic carbocycles. The van der Waals surface area contributed by atoms with E-state index in [2.05, 4.69) is 15.2 Å². The van der Waals surface area contributed by atoms with Crippen molar-refractivity contribution < 1.29 is 9.53 Å². The normalized spacial score (nSPS) is 13.4. The van der Waals surface area contributed by atoms with E-state index in [0.717, 1.165) is 24.7 Å². The molecule has 5 heteroatoms. The van der Waals surface area contributed by atoms with Gasteiger partial charge in [-0.05, 0) is 61.4 Å². The summed E-state index contributed by atoms with van der Waals surface area (Å²) < 4.78 is 5.75. The minimum atomic E-state index is -0.169. The number of hydrogen-bond acceptors (Lipinski definition) is 4. The molecule has 1 amide bonds. The zero-order valence-electron chi connectivity index (χ0n) is 15.0. The van der Waals surface area contributed by atoms with Crippen LogP contribution < -0.4 is 15.0 Å². The zero-order valence-corrected chi connectivity index (χ0v) is 15.0. The van der Waals surface area contributed by atoms with Gasteiger partial charge in [0.2, 0.25) is 0 Å². The lowest BCUT2D eigenvalue weighted by Gasteiger charge is -2.16. The Morgan fingerprint density at radius 3 is 2.26 bits per heavy atom. The average molecular weight is 359 g/mol. The highest BCUT2D eigenvalue weighted by Gasteiger charge is 2.13. The van der Waals surface area contributed by atoms with Gasteiger partial charge in [-0.1, -0.05) is 18.2 Å². The summed E-state index contributed by atoms with van der Waals surface area (Å²) in [4.78, 5) is 19.2. The summed E-state index contributed by atoms with van der Waals surface area (Å²) in [5, 5.41) is 2.88. The van der Waals surface area contributed by atoms with Gasteiger partial charge in [0.1, 0.15) is 17.3 Å². The first-order valence-corrected chi connectivity index (χ1v) is 9.13. The topological polar surface area (TPSA) is 54.5 Å². The maximum absolute atomic E-state index is 12.4. The van der Waals surface area contributed by atoms with Crippen molar-refractivity contribution in [3.8, 4) is 11.5 Å². The molecule has 136 valence electrons. The Balaban J connectivity index is 1.37. The van der Waals surface area contributed by atoms with Crippen LogP contribution in [0.1, 0.15) is 23.2 Å². The summed E-state index contributed by atoms with van der Waals surface area (Å²) >= 11 is 0. The third kappa shape index (κ3) is 4.26. The Labute approximate surface area is 158 Å². The monoisotopic (exact) mass is 359 g/mol. The molecule has 1 aliphatic rings. The van der Waals surface area contributed by atoms with E-state index < -0.39 is 0 Å². The van der Waals surface area contributed by atoms with Crippen LogP contribution in [0.5, 0.6) is 11.5 Å². The van der Waals surface area contributed by atoms with Gasteiger partial charge in [0.05, 0.1) is 11.9 Å². The molecule has 1 aliphatic heterocycles. The summed E-state index contributed by atoms with van der Waals surface area (Å²) in [6.45, 7) is 2.10. The third-order valence-corrected chi connectivity index (χ3v) is 4.53. The fraction of sp³-hybridized carbons (Fsp3) is 0.182. The number of pyridine rings is 1. The van der Waals surface area contributed by atoms with Crippen molar-refractivity contribution in [1.82, 2.24) is 4.98 Å². The van der Waals surface area contributed by atoms with Gasteiger partial charge in [-0.15, -0.1) is 0 Å². The first-order chi connectivity index (χ1) is 13.3. The van der Waals surface area contributed by atoms with E-state index in [1.165, 1.54) is 12.8 Å². The van der Waals surface area contributed by atoms with Crippen LogP contribution in [0.15, 0.2) is 72.9 Å². The smallest absolute Gasteiger partial charge is 0.255 e. The number of benzene rings is 2. The van der Waals surface area contributed by atoms with Gasteiger partial charge in [0.25, 0.3) is 5.91 Å². The van der Waals surface area contributed by atoms with Crippen LogP contribution >= 0.6 is 0 Å². The minimum Gasteiger partial charge on any atom is -0.457 e. The molecule has 0 atom stereocenters. The molecule has 0 spiro atoms. The Hall–Kier alpha value is -3.34. The van der Waals surface area contributed by atoms with E-state index in [-0.39, 0.29) is 5.91 Å². The fourth-order valence-electron chi connectivity index (χ4n) is 3.10.